The van der Waals surface area contributed by atoms with Gasteiger partial charge in [0.05, 0.1) is 23.3 Å². The van der Waals surface area contributed by atoms with Crippen LogP contribution in [0.5, 0.6) is 5.75 Å². The number of carbonyl (C=O) groups excluding carboxylic acids is 1. The first-order valence-corrected chi connectivity index (χ1v) is 8.96. The molecule has 142 valence electrons. The first-order chi connectivity index (χ1) is 13.0. The van der Waals surface area contributed by atoms with Crippen molar-refractivity contribution in [3.05, 3.63) is 58.1 Å². The molecule has 27 heavy (non-hydrogen) atoms. The zero-order valence-electron chi connectivity index (χ0n) is 15.5. The van der Waals surface area contributed by atoms with Crippen molar-refractivity contribution in [2.45, 2.75) is 19.8 Å². The number of benzene rings is 2. The number of nitro benzene ring substituents is 1. The number of nitrogens with one attached hydrogen (secondary N) is 1. The second-order valence-electron chi connectivity index (χ2n) is 6.81. The van der Waals surface area contributed by atoms with E-state index in [1.165, 1.54) is 12.1 Å². The monoisotopic (exact) mass is 369 g/mol. The molecule has 1 amide bonds. The lowest BCUT2D eigenvalue weighted by Gasteiger charge is -2.33. The summed E-state index contributed by atoms with van der Waals surface area (Å²) in [6.45, 7) is 3.88. The van der Waals surface area contributed by atoms with Crippen LogP contribution < -0.4 is 15.0 Å². The molecule has 1 heterocycles. The van der Waals surface area contributed by atoms with Crippen LogP contribution in [0.3, 0.4) is 0 Å². The molecule has 7 nitrogen and oxygen atoms in total. The largest absolute Gasteiger partial charge is 0.497 e. The van der Waals surface area contributed by atoms with Crippen molar-refractivity contribution in [1.82, 2.24) is 0 Å². The topological polar surface area (TPSA) is 84.7 Å². The molecule has 3 rings (SSSR count). The fraction of sp³-hybridized carbons (Fsp3) is 0.350. The molecule has 0 aliphatic carbocycles. The Morgan fingerprint density at radius 1 is 1.22 bits per heavy atom. The molecule has 0 atom stereocenters. The van der Waals surface area contributed by atoms with Crippen molar-refractivity contribution >= 4 is 23.0 Å². The lowest BCUT2D eigenvalue weighted by atomic mass is 9.98. The van der Waals surface area contributed by atoms with E-state index in [-0.39, 0.29) is 11.6 Å². The van der Waals surface area contributed by atoms with E-state index in [2.05, 4.69) is 17.1 Å². The second kappa shape index (κ2) is 8.07. The number of amides is 1. The van der Waals surface area contributed by atoms with Crippen molar-refractivity contribution in [3.8, 4) is 5.75 Å². The van der Waals surface area contributed by atoms with Crippen LogP contribution in [0.2, 0.25) is 0 Å². The third kappa shape index (κ3) is 4.36. The van der Waals surface area contributed by atoms with Gasteiger partial charge in [0.2, 0.25) is 0 Å². The highest BCUT2D eigenvalue weighted by Gasteiger charge is 2.23. The summed E-state index contributed by atoms with van der Waals surface area (Å²) in [5, 5.41) is 14.0. The quantitative estimate of drug-likeness (QED) is 0.634. The predicted molar refractivity (Wildman–Crippen MR) is 105 cm³/mol. The van der Waals surface area contributed by atoms with Gasteiger partial charge < -0.3 is 15.0 Å². The maximum absolute atomic E-state index is 12.9. The fourth-order valence-corrected chi connectivity index (χ4v) is 3.24. The van der Waals surface area contributed by atoms with Crippen molar-refractivity contribution in [2.75, 3.05) is 30.4 Å². The van der Waals surface area contributed by atoms with Crippen molar-refractivity contribution < 1.29 is 14.5 Å². The molecule has 2 aromatic carbocycles. The predicted octanol–water partition coefficient (Wildman–Crippen LogP) is 4.09. The van der Waals surface area contributed by atoms with Crippen LogP contribution >= 0.6 is 0 Å². The molecule has 0 radical (unpaired) electrons. The molecule has 0 saturated carbocycles. The van der Waals surface area contributed by atoms with E-state index >= 15 is 0 Å². The summed E-state index contributed by atoms with van der Waals surface area (Å²) >= 11 is 0. The number of nitrogens with zero attached hydrogens (tertiary/aromatic N) is 2. The Hall–Kier alpha value is -3.09. The average molecular weight is 369 g/mol. The van der Waals surface area contributed by atoms with E-state index in [1.54, 1.807) is 37.4 Å². The number of hydrogen-bond acceptors (Lipinski definition) is 5. The Kier molecular flexibility index (Phi) is 5.59. The van der Waals surface area contributed by atoms with Crippen molar-refractivity contribution in [3.63, 3.8) is 0 Å². The van der Waals surface area contributed by atoms with Crippen LogP contribution in [0.1, 0.15) is 30.1 Å². The van der Waals surface area contributed by atoms with Crippen molar-refractivity contribution in [1.29, 1.82) is 0 Å². The third-order valence-corrected chi connectivity index (χ3v) is 4.89. The van der Waals surface area contributed by atoms with Crippen LogP contribution in [-0.2, 0) is 0 Å². The van der Waals surface area contributed by atoms with Gasteiger partial charge in [-0.15, -0.1) is 0 Å². The van der Waals surface area contributed by atoms with E-state index in [0.29, 0.717) is 22.9 Å². The summed E-state index contributed by atoms with van der Waals surface area (Å²) in [6, 6.07) is 11.5. The molecule has 0 unspecified atom stereocenters. The SMILES string of the molecule is COc1cccc(NC(=O)c2cc([N+](=O)[O-])ccc2N2CCC(C)CC2)c1. The van der Waals surface area contributed by atoms with Crippen LogP contribution in [0.25, 0.3) is 0 Å². The minimum Gasteiger partial charge on any atom is -0.497 e. The molecule has 1 saturated heterocycles. The standard InChI is InChI=1S/C20H23N3O4/c1-14-8-10-22(11-9-14)19-7-6-16(23(25)26)13-18(19)20(24)21-15-4-3-5-17(12-15)27-2/h3-7,12-14H,8-11H2,1-2H3,(H,21,24). The first-order valence-electron chi connectivity index (χ1n) is 8.96. The Labute approximate surface area is 158 Å². The Bertz CT molecular complexity index is 845. The van der Waals surface area contributed by atoms with E-state index in [1.807, 2.05) is 0 Å². The highest BCUT2D eigenvalue weighted by molar-refractivity contribution is 6.08. The minimum atomic E-state index is -0.482. The van der Waals surface area contributed by atoms with Gasteiger partial charge in [-0.2, -0.15) is 0 Å². The van der Waals surface area contributed by atoms with Crippen LogP contribution in [0, 0.1) is 16.0 Å². The summed E-state index contributed by atoms with van der Waals surface area (Å²) in [4.78, 5) is 25.8. The maximum atomic E-state index is 12.9. The lowest BCUT2D eigenvalue weighted by Crippen LogP contribution is -2.34. The van der Waals surface area contributed by atoms with Crippen molar-refractivity contribution in [2.24, 2.45) is 5.92 Å². The summed E-state index contributed by atoms with van der Waals surface area (Å²) in [5.74, 6) is 0.894. The van der Waals surface area contributed by atoms with E-state index < -0.39 is 4.92 Å². The number of nitro groups is 1. The van der Waals surface area contributed by atoms with E-state index in [4.69, 9.17) is 4.74 Å². The molecular formula is C20H23N3O4. The van der Waals surface area contributed by atoms with Gasteiger partial charge in [0.15, 0.2) is 0 Å². The zero-order chi connectivity index (χ0) is 19.4. The molecule has 0 aromatic heterocycles. The number of anilines is 2. The number of non-ortho nitro benzene ring substituents is 1. The van der Waals surface area contributed by atoms with Crippen LogP contribution in [-0.4, -0.2) is 31.0 Å². The molecule has 0 spiro atoms. The Morgan fingerprint density at radius 2 is 1.96 bits per heavy atom. The van der Waals surface area contributed by atoms with Crippen LogP contribution in [0.4, 0.5) is 17.1 Å². The van der Waals surface area contributed by atoms with Gasteiger partial charge in [0.25, 0.3) is 11.6 Å². The molecule has 7 heteroatoms. The highest BCUT2D eigenvalue weighted by Crippen LogP contribution is 2.30. The highest BCUT2D eigenvalue weighted by atomic mass is 16.6. The number of carbonyl (C=O) groups is 1. The average Bonchev–Trinajstić information content (AvgIpc) is 2.68. The van der Waals surface area contributed by atoms with Crippen LogP contribution in [0.15, 0.2) is 42.5 Å². The normalized spacial score (nSPS) is 14.7. The number of rotatable bonds is 5. The third-order valence-electron chi connectivity index (χ3n) is 4.89. The summed E-state index contributed by atoms with van der Waals surface area (Å²) < 4.78 is 5.17. The molecular weight excluding hydrogens is 346 g/mol. The number of piperidine rings is 1. The van der Waals surface area contributed by atoms with Gasteiger partial charge in [-0.25, -0.2) is 0 Å². The van der Waals surface area contributed by atoms with E-state index in [0.717, 1.165) is 31.6 Å². The molecule has 1 N–H and O–H groups in total. The van der Waals surface area contributed by atoms with E-state index in [9.17, 15) is 14.9 Å². The van der Waals surface area contributed by atoms with Gasteiger partial charge in [-0.1, -0.05) is 13.0 Å². The Morgan fingerprint density at radius 3 is 2.63 bits per heavy atom. The number of methoxy groups -OCH3 is 1. The Balaban J connectivity index is 1.91. The number of ether oxygens (including phenoxy) is 1. The summed E-state index contributed by atoms with van der Waals surface area (Å²) in [5.41, 5.74) is 1.51. The molecule has 1 aliphatic rings. The van der Waals surface area contributed by atoms with Gasteiger partial charge >= 0.3 is 0 Å². The lowest BCUT2D eigenvalue weighted by molar-refractivity contribution is -0.384. The zero-order valence-corrected chi connectivity index (χ0v) is 15.5. The molecule has 2 aromatic rings. The first kappa shape index (κ1) is 18.7. The minimum absolute atomic E-state index is 0.0973. The molecule has 1 fully saturated rings. The van der Waals surface area contributed by atoms with Gasteiger partial charge in [-0.05, 0) is 37.0 Å². The summed E-state index contributed by atoms with van der Waals surface area (Å²) in [6.07, 6.45) is 2.07. The second-order valence-corrected chi connectivity index (χ2v) is 6.81. The molecule has 0 bridgehead atoms. The maximum Gasteiger partial charge on any atom is 0.270 e. The van der Waals surface area contributed by atoms with Gasteiger partial charge in [-0.3, -0.25) is 14.9 Å². The smallest absolute Gasteiger partial charge is 0.270 e. The van der Waals surface area contributed by atoms with Gasteiger partial charge in [0, 0.05) is 37.0 Å². The molecule has 1 aliphatic heterocycles. The fourth-order valence-electron chi connectivity index (χ4n) is 3.24. The van der Waals surface area contributed by atoms with Gasteiger partial charge in [0.1, 0.15) is 5.75 Å². The number of hydrogen-bond donors (Lipinski definition) is 1. The summed E-state index contributed by atoms with van der Waals surface area (Å²) in [7, 11) is 1.55.